The first kappa shape index (κ1) is 21.3. The van der Waals surface area contributed by atoms with E-state index in [1.807, 2.05) is 32.8 Å². The van der Waals surface area contributed by atoms with Gasteiger partial charge < -0.3 is 20.4 Å². The Hall–Kier alpha value is -3.46. The largest absolute Gasteiger partial charge is 0.508 e. The van der Waals surface area contributed by atoms with Gasteiger partial charge in [0.2, 0.25) is 5.82 Å². The van der Waals surface area contributed by atoms with Crippen molar-refractivity contribution in [3.63, 3.8) is 0 Å². The summed E-state index contributed by atoms with van der Waals surface area (Å²) in [5, 5.41) is 31.8. The molecule has 3 aromatic rings. The van der Waals surface area contributed by atoms with Crippen LogP contribution in [0.3, 0.4) is 0 Å². The molecule has 0 unspecified atom stereocenters. The van der Waals surface area contributed by atoms with Gasteiger partial charge in [-0.15, -0.1) is 10.2 Å². The molecular weight excluding hydrogens is 384 g/mol. The normalized spacial score (nSPS) is 11.3. The van der Waals surface area contributed by atoms with Crippen LogP contribution in [0.25, 0.3) is 17.1 Å². The SMILES string of the molecule is CC(C)c1cc(-c2nnc(C(=O)NCCN(C)C)n2-c2cccnc2)c(O)cc1O. The van der Waals surface area contributed by atoms with E-state index in [1.165, 1.54) is 6.07 Å². The number of rotatable bonds is 7. The summed E-state index contributed by atoms with van der Waals surface area (Å²) in [7, 11) is 3.84. The number of amides is 1. The first-order chi connectivity index (χ1) is 14.3. The topological polar surface area (TPSA) is 116 Å². The number of benzene rings is 1. The zero-order valence-electron chi connectivity index (χ0n) is 17.5. The fraction of sp³-hybridized carbons (Fsp3) is 0.333. The average molecular weight is 410 g/mol. The number of carbonyl (C=O) groups is 1. The number of nitrogens with one attached hydrogen (secondary N) is 1. The molecule has 158 valence electrons. The highest BCUT2D eigenvalue weighted by atomic mass is 16.3. The van der Waals surface area contributed by atoms with E-state index in [-0.39, 0.29) is 35.0 Å². The Bertz CT molecular complexity index is 1030. The third kappa shape index (κ3) is 4.41. The summed E-state index contributed by atoms with van der Waals surface area (Å²) in [5.41, 5.74) is 1.59. The molecule has 0 spiro atoms. The smallest absolute Gasteiger partial charge is 0.289 e. The van der Waals surface area contributed by atoms with Crippen molar-refractivity contribution in [2.75, 3.05) is 27.2 Å². The van der Waals surface area contributed by atoms with Crippen molar-refractivity contribution in [1.82, 2.24) is 30.0 Å². The summed E-state index contributed by atoms with van der Waals surface area (Å²) in [5.74, 6) is -0.167. The van der Waals surface area contributed by atoms with Crippen LogP contribution in [0.15, 0.2) is 36.7 Å². The first-order valence-corrected chi connectivity index (χ1v) is 9.64. The van der Waals surface area contributed by atoms with Crippen LogP contribution in [0, 0.1) is 0 Å². The zero-order chi connectivity index (χ0) is 21.8. The number of likely N-dealkylation sites (N-methyl/N-ethyl adjacent to an activating group) is 1. The van der Waals surface area contributed by atoms with E-state index in [1.54, 1.807) is 35.2 Å². The van der Waals surface area contributed by atoms with Gasteiger partial charge >= 0.3 is 0 Å². The number of aromatic nitrogens is 4. The number of phenols is 2. The number of hydrogen-bond donors (Lipinski definition) is 3. The van der Waals surface area contributed by atoms with E-state index in [9.17, 15) is 15.0 Å². The van der Waals surface area contributed by atoms with Crippen LogP contribution in [-0.4, -0.2) is 68.0 Å². The Morgan fingerprint density at radius 2 is 1.97 bits per heavy atom. The molecule has 3 rings (SSSR count). The lowest BCUT2D eigenvalue weighted by Crippen LogP contribution is -2.33. The van der Waals surface area contributed by atoms with Gasteiger partial charge in [0.15, 0.2) is 5.82 Å². The highest BCUT2D eigenvalue weighted by Crippen LogP contribution is 2.38. The molecule has 0 aliphatic heterocycles. The fourth-order valence-corrected chi connectivity index (χ4v) is 3.04. The van der Waals surface area contributed by atoms with Crippen molar-refractivity contribution in [1.29, 1.82) is 0 Å². The van der Waals surface area contributed by atoms with E-state index in [0.29, 0.717) is 29.9 Å². The molecule has 0 fully saturated rings. The second kappa shape index (κ2) is 8.91. The minimum atomic E-state index is -0.387. The maximum atomic E-state index is 12.8. The van der Waals surface area contributed by atoms with Crippen molar-refractivity contribution in [3.8, 4) is 28.6 Å². The van der Waals surface area contributed by atoms with Gasteiger partial charge in [-0.25, -0.2) is 0 Å². The fourth-order valence-electron chi connectivity index (χ4n) is 3.04. The summed E-state index contributed by atoms with van der Waals surface area (Å²) in [6.45, 7) is 5.00. The zero-order valence-corrected chi connectivity index (χ0v) is 17.5. The second-order valence-corrected chi connectivity index (χ2v) is 7.54. The van der Waals surface area contributed by atoms with Crippen LogP contribution in [-0.2, 0) is 0 Å². The number of pyridine rings is 1. The average Bonchev–Trinajstić information content (AvgIpc) is 3.13. The molecule has 0 radical (unpaired) electrons. The number of carbonyl (C=O) groups excluding carboxylic acids is 1. The highest BCUT2D eigenvalue weighted by Gasteiger charge is 2.24. The molecular formula is C21H26N6O3. The molecule has 0 saturated heterocycles. The monoisotopic (exact) mass is 410 g/mol. The summed E-state index contributed by atoms with van der Waals surface area (Å²) in [6, 6.07) is 6.46. The van der Waals surface area contributed by atoms with E-state index < -0.39 is 0 Å². The Labute approximate surface area is 175 Å². The van der Waals surface area contributed by atoms with Crippen molar-refractivity contribution < 1.29 is 15.0 Å². The van der Waals surface area contributed by atoms with E-state index in [4.69, 9.17) is 0 Å². The Morgan fingerprint density at radius 1 is 1.20 bits per heavy atom. The van der Waals surface area contributed by atoms with Crippen LogP contribution in [0.4, 0.5) is 0 Å². The van der Waals surface area contributed by atoms with Crippen molar-refractivity contribution in [2.24, 2.45) is 0 Å². The van der Waals surface area contributed by atoms with Crippen LogP contribution < -0.4 is 5.32 Å². The molecule has 9 nitrogen and oxygen atoms in total. The number of hydrogen-bond acceptors (Lipinski definition) is 7. The Kier molecular flexibility index (Phi) is 6.31. The Morgan fingerprint density at radius 3 is 2.60 bits per heavy atom. The van der Waals surface area contributed by atoms with E-state index in [2.05, 4.69) is 20.5 Å². The minimum Gasteiger partial charge on any atom is -0.508 e. The van der Waals surface area contributed by atoms with Crippen molar-refractivity contribution in [2.45, 2.75) is 19.8 Å². The molecule has 0 aliphatic carbocycles. The summed E-state index contributed by atoms with van der Waals surface area (Å²) in [6.07, 6.45) is 3.21. The summed E-state index contributed by atoms with van der Waals surface area (Å²) in [4.78, 5) is 18.9. The number of aromatic hydroxyl groups is 2. The molecule has 2 heterocycles. The molecule has 0 saturated carbocycles. The summed E-state index contributed by atoms with van der Waals surface area (Å²) < 4.78 is 1.55. The third-order valence-electron chi connectivity index (χ3n) is 4.62. The van der Waals surface area contributed by atoms with E-state index in [0.717, 1.165) is 0 Å². The molecule has 0 aliphatic rings. The van der Waals surface area contributed by atoms with Gasteiger partial charge in [-0.3, -0.25) is 14.3 Å². The Balaban J connectivity index is 2.12. The predicted octanol–water partition coefficient (Wildman–Crippen LogP) is 2.16. The minimum absolute atomic E-state index is 0.000319. The predicted molar refractivity (Wildman–Crippen MR) is 113 cm³/mol. The van der Waals surface area contributed by atoms with Gasteiger partial charge in [-0.1, -0.05) is 13.8 Å². The number of nitrogens with zero attached hydrogens (tertiary/aromatic N) is 5. The van der Waals surface area contributed by atoms with Crippen molar-refractivity contribution >= 4 is 5.91 Å². The number of phenolic OH excluding ortho intramolecular Hbond substituents is 2. The van der Waals surface area contributed by atoms with E-state index >= 15 is 0 Å². The molecule has 30 heavy (non-hydrogen) atoms. The maximum absolute atomic E-state index is 12.8. The maximum Gasteiger partial charge on any atom is 0.289 e. The molecule has 2 aromatic heterocycles. The summed E-state index contributed by atoms with van der Waals surface area (Å²) >= 11 is 0. The van der Waals surface area contributed by atoms with Gasteiger partial charge in [0, 0.05) is 25.4 Å². The lowest BCUT2D eigenvalue weighted by atomic mass is 9.98. The lowest BCUT2D eigenvalue weighted by Gasteiger charge is -2.14. The van der Waals surface area contributed by atoms with Crippen LogP contribution in [0.1, 0.15) is 35.9 Å². The van der Waals surface area contributed by atoms with Crippen LogP contribution in [0.2, 0.25) is 0 Å². The van der Waals surface area contributed by atoms with Gasteiger partial charge in [-0.05, 0) is 43.8 Å². The molecule has 3 N–H and O–H groups in total. The van der Waals surface area contributed by atoms with Gasteiger partial charge in [-0.2, -0.15) is 0 Å². The van der Waals surface area contributed by atoms with Crippen LogP contribution >= 0.6 is 0 Å². The highest BCUT2D eigenvalue weighted by molar-refractivity contribution is 5.92. The first-order valence-electron chi connectivity index (χ1n) is 9.64. The van der Waals surface area contributed by atoms with Gasteiger partial charge in [0.25, 0.3) is 5.91 Å². The molecule has 1 amide bonds. The molecule has 1 aromatic carbocycles. The van der Waals surface area contributed by atoms with Crippen molar-refractivity contribution in [3.05, 3.63) is 48.0 Å². The third-order valence-corrected chi connectivity index (χ3v) is 4.62. The second-order valence-electron chi connectivity index (χ2n) is 7.54. The lowest BCUT2D eigenvalue weighted by molar-refractivity contribution is 0.0938. The van der Waals surface area contributed by atoms with Crippen LogP contribution in [0.5, 0.6) is 11.5 Å². The molecule has 9 heteroatoms. The molecule has 0 bridgehead atoms. The molecule has 0 atom stereocenters. The van der Waals surface area contributed by atoms with Gasteiger partial charge in [0.05, 0.1) is 17.4 Å². The quantitative estimate of drug-likeness (QED) is 0.546. The van der Waals surface area contributed by atoms with Gasteiger partial charge in [0.1, 0.15) is 11.5 Å². The standard InChI is InChI=1S/C21H26N6O3/c1-13(2)15-10-16(18(29)11-17(15)28)19-24-25-20(21(30)23-8-9-26(3)4)27(19)14-6-5-7-22-12-14/h5-7,10-13,28-29H,8-9H2,1-4H3,(H,23,30).